The summed E-state index contributed by atoms with van der Waals surface area (Å²) < 4.78 is 5.19. The number of nitrogens with zero attached hydrogens (tertiary/aromatic N) is 2. The fourth-order valence-electron chi connectivity index (χ4n) is 3.39. The standard InChI is InChI=1S/C20H32N4O2.HI/c1-21-20(24(2)15-17-8-10-18(26-3)11-9-17)23-13-12-22-19(25)14-16-6-4-5-7-16;/h8-11,16H,4-7,12-15H2,1-3H3,(H,21,23)(H,22,25);1H. The lowest BCUT2D eigenvalue weighted by Crippen LogP contribution is -2.42. The molecule has 0 unspecified atom stereocenters. The fourth-order valence-corrected chi connectivity index (χ4v) is 3.39. The van der Waals surface area contributed by atoms with Crippen molar-refractivity contribution in [2.75, 3.05) is 34.3 Å². The molecule has 0 aliphatic heterocycles. The van der Waals surface area contributed by atoms with Crippen LogP contribution in [-0.2, 0) is 11.3 Å². The third kappa shape index (κ3) is 8.36. The third-order valence-electron chi connectivity index (χ3n) is 4.83. The molecule has 1 saturated carbocycles. The van der Waals surface area contributed by atoms with E-state index in [-0.39, 0.29) is 29.9 Å². The average Bonchev–Trinajstić information content (AvgIpc) is 3.15. The Labute approximate surface area is 180 Å². The first-order chi connectivity index (χ1) is 12.6. The van der Waals surface area contributed by atoms with Gasteiger partial charge in [0.1, 0.15) is 5.75 Å². The second-order valence-electron chi connectivity index (χ2n) is 6.88. The van der Waals surface area contributed by atoms with E-state index in [0.29, 0.717) is 25.4 Å². The Hall–Kier alpha value is -1.51. The Bertz CT molecular complexity index is 586. The van der Waals surface area contributed by atoms with Crippen molar-refractivity contribution in [2.45, 2.75) is 38.6 Å². The highest BCUT2D eigenvalue weighted by atomic mass is 127. The molecule has 0 saturated heterocycles. The predicted molar refractivity (Wildman–Crippen MR) is 121 cm³/mol. The summed E-state index contributed by atoms with van der Waals surface area (Å²) >= 11 is 0. The SMILES string of the molecule is CN=C(NCCNC(=O)CC1CCCC1)N(C)Cc1ccc(OC)cc1.I. The lowest BCUT2D eigenvalue weighted by Gasteiger charge is -2.22. The van der Waals surface area contributed by atoms with Crippen LogP contribution in [0, 0.1) is 5.92 Å². The van der Waals surface area contributed by atoms with Gasteiger partial charge in [-0.25, -0.2) is 0 Å². The zero-order valence-corrected chi connectivity index (χ0v) is 19.0. The summed E-state index contributed by atoms with van der Waals surface area (Å²) in [5, 5.41) is 6.30. The van der Waals surface area contributed by atoms with Crippen LogP contribution in [0.5, 0.6) is 5.75 Å². The van der Waals surface area contributed by atoms with Gasteiger partial charge in [-0.1, -0.05) is 25.0 Å². The maximum Gasteiger partial charge on any atom is 0.220 e. The molecule has 7 heteroatoms. The van der Waals surface area contributed by atoms with Crippen molar-refractivity contribution in [2.24, 2.45) is 10.9 Å². The molecule has 0 atom stereocenters. The summed E-state index contributed by atoms with van der Waals surface area (Å²) in [6.45, 7) is 2.02. The first kappa shape index (κ1) is 23.5. The Balaban J connectivity index is 0.00000364. The van der Waals surface area contributed by atoms with Gasteiger partial charge in [-0.3, -0.25) is 9.79 Å². The molecule has 1 fully saturated rings. The lowest BCUT2D eigenvalue weighted by molar-refractivity contribution is -0.121. The molecule has 2 N–H and O–H groups in total. The van der Waals surface area contributed by atoms with Crippen LogP contribution in [0.3, 0.4) is 0 Å². The summed E-state index contributed by atoms with van der Waals surface area (Å²) in [6.07, 6.45) is 5.63. The minimum absolute atomic E-state index is 0. The topological polar surface area (TPSA) is 66.0 Å². The normalized spacial score (nSPS) is 14.4. The molecule has 2 rings (SSSR count). The number of amides is 1. The first-order valence-corrected chi connectivity index (χ1v) is 9.43. The zero-order valence-electron chi connectivity index (χ0n) is 16.7. The van der Waals surface area contributed by atoms with Gasteiger partial charge in [0.15, 0.2) is 5.96 Å². The highest BCUT2D eigenvalue weighted by Crippen LogP contribution is 2.27. The molecule has 1 aliphatic carbocycles. The van der Waals surface area contributed by atoms with E-state index in [1.807, 2.05) is 31.3 Å². The van der Waals surface area contributed by atoms with Crippen LogP contribution in [0.2, 0.25) is 0 Å². The van der Waals surface area contributed by atoms with Crippen LogP contribution < -0.4 is 15.4 Å². The first-order valence-electron chi connectivity index (χ1n) is 9.43. The maximum atomic E-state index is 12.0. The smallest absolute Gasteiger partial charge is 0.220 e. The molecule has 0 heterocycles. The molecule has 152 valence electrons. The molecule has 1 aromatic rings. The van der Waals surface area contributed by atoms with Crippen LogP contribution in [0.4, 0.5) is 0 Å². The van der Waals surface area contributed by atoms with Crippen molar-refractivity contribution in [1.82, 2.24) is 15.5 Å². The average molecular weight is 488 g/mol. The van der Waals surface area contributed by atoms with Crippen molar-refractivity contribution in [1.29, 1.82) is 0 Å². The summed E-state index contributed by atoms with van der Waals surface area (Å²) in [5.74, 6) is 2.42. The van der Waals surface area contributed by atoms with Gasteiger partial charge in [0, 0.05) is 40.2 Å². The number of carbonyl (C=O) groups excluding carboxylic acids is 1. The van der Waals surface area contributed by atoms with Gasteiger partial charge in [-0.2, -0.15) is 0 Å². The molecular weight excluding hydrogens is 455 g/mol. The van der Waals surface area contributed by atoms with E-state index < -0.39 is 0 Å². The van der Waals surface area contributed by atoms with Gasteiger partial charge in [-0.05, 0) is 36.5 Å². The van der Waals surface area contributed by atoms with Gasteiger partial charge in [0.05, 0.1) is 7.11 Å². The number of benzene rings is 1. The second kappa shape index (κ2) is 12.8. The monoisotopic (exact) mass is 488 g/mol. The predicted octanol–water partition coefficient (Wildman–Crippen LogP) is 3.02. The highest BCUT2D eigenvalue weighted by molar-refractivity contribution is 14.0. The van der Waals surface area contributed by atoms with Crippen molar-refractivity contribution in [3.63, 3.8) is 0 Å². The number of carbonyl (C=O) groups is 1. The van der Waals surface area contributed by atoms with Crippen LogP contribution in [-0.4, -0.2) is 51.1 Å². The minimum atomic E-state index is 0. The number of guanidine groups is 1. The fraction of sp³-hybridized carbons (Fsp3) is 0.600. The Morgan fingerprint density at radius 3 is 2.41 bits per heavy atom. The van der Waals surface area contributed by atoms with Gasteiger partial charge in [0.25, 0.3) is 0 Å². The van der Waals surface area contributed by atoms with E-state index >= 15 is 0 Å². The van der Waals surface area contributed by atoms with E-state index in [0.717, 1.165) is 18.3 Å². The van der Waals surface area contributed by atoms with Crippen molar-refractivity contribution >= 4 is 35.8 Å². The molecule has 6 nitrogen and oxygen atoms in total. The largest absolute Gasteiger partial charge is 0.497 e. The maximum absolute atomic E-state index is 12.0. The van der Waals surface area contributed by atoms with Crippen LogP contribution in [0.15, 0.2) is 29.3 Å². The molecule has 1 aromatic carbocycles. The third-order valence-corrected chi connectivity index (χ3v) is 4.83. The van der Waals surface area contributed by atoms with E-state index in [1.54, 1.807) is 14.2 Å². The number of rotatable bonds is 8. The number of hydrogen-bond acceptors (Lipinski definition) is 3. The summed E-state index contributed by atoms with van der Waals surface area (Å²) in [7, 11) is 5.43. The highest BCUT2D eigenvalue weighted by Gasteiger charge is 2.18. The summed E-state index contributed by atoms with van der Waals surface area (Å²) in [4.78, 5) is 18.3. The Morgan fingerprint density at radius 2 is 1.81 bits per heavy atom. The molecule has 0 bridgehead atoms. The molecule has 1 aliphatic rings. The molecular formula is C20H33IN4O2. The Morgan fingerprint density at radius 1 is 1.19 bits per heavy atom. The van der Waals surface area contributed by atoms with Crippen molar-refractivity contribution in [3.8, 4) is 5.75 Å². The van der Waals surface area contributed by atoms with E-state index in [4.69, 9.17) is 4.74 Å². The number of methoxy groups -OCH3 is 1. The number of halogens is 1. The van der Waals surface area contributed by atoms with E-state index in [9.17, 15) is 4.79 Å². The van der Waals surface area contributed by atoms with Crippen LogP contribution in [0.25, 0.3) is 0 Å². The molecule has 0 radical (unpaired) electrons. The molecule has 0 spiro atoms. The summed E-state index contributed by atoms with van der Waals surface area (Å²) in [5.41, 5.74) is 1.18. The number of aliphatic imine (C=N–C) groups is 1. The zero-order chi connectivity index (χ0) is 18.8. The Kier molecular flexibility index (Phi) is 11.2. The van der Waals surface area contributed by atoms with Crippen LogP contribution >= 0.6 is 24.0 Å². The molecule has 27 heavy (non-hydrogen) atoms. The summed E-state index contributed by atoms with van der Waals surface area (Å²) in [6, 6.07) is 8.01. The number of nitrogens with one attached hydrogen (secondary N) is 2. The minimum Gasteiger partial charge on any atom is -0.497 e. The van der Waals surface area contributed by atoms with Gasteiger partial charge in [-0.15, -0.1) is 24.0 Å². The van der Waals surface area contributed by atoms with Gasteiger partial charge < -0.3 is 20.3 Å². The molecule has 1 amide bonds. The lowest BCUT2D eigenvalue weighted by atomic mass is 10.0. The molecule has 0 aromatic heterocycles. The number of hydrogen-bond donors (Lipinski definition) is 2. The van der Waals surface area contributed by atoms with Gasteiger partial charge in [0.2, 0.25) is 5.91 Å². The van der Waals surface area contributed by atoms with Gasteiger partial charge >= 0.3 is 0 Å². The second-order valence-corrected chi connectivity index (χ2v) is 6.88. The van der Waals surface area contributed by atoms with Crippen molar-refractivity contribution in [3.05, 3.63) is 29.8 Å². The van der Waals surface area contributed by atoms with Crippen LogP contribution in [0.1, 0.15) is 37.7 Å². The van der Waals surface area contributed by atoms with E-state index in [2.05, 4.69) is 20.5 Å². The quantitative estimate of drug-likeness (QED) is 0.256. The number of ether oxygens (including phenoxy) is 1. The van der Waals surface area contributed by atoms with Crippen molar-refractivity contribution < 1.29 is 9.53 Å². The van der Waals surface area contributed by atoms with E-state index in [1.165, 1.54) is 31.2 Å².